The summed E-state index contributed by atoms with van der Waals surface area (Å²) in [5, 5.41) is 3.09. The van der Waals surface area contributed by atoms with Crippen LogP contribution >= 0.6 is 0 Å². The summed E-state index contributed by atoms with van der Waals surface area (Å²) < 4.78 is 5.42. The fraction of sp³-hybridized carbons (Fsp3) is 0.923. The highest BCUT2D eigenvalue weighted by atomic mass is 16.5. The predicted octanol–water partition coefficient (Wildman–Crippen LogP) is 1.29. The second-order valence-corrected chi connectivity index (χ2v) is 5.93. The zero-order chi connectivity index (χ0) is 13.1. The largest absolute Gasteiger partial charge is 0.378 e. The summed E-state index contributed by atoms with van der Waals surface area (Å²) in [4.78, 5) is 12.1. The molecule has 0 saturated carbocycles. The summed E-state index contributed by atoms with van der Waals surface area (Å²) in [6, 6.07) is 0. The molecule has 1 fully saturated rings. The molecule has 1 heterocycles. The van der Waals surface area contributed by atoms with E-state index in [1.807, 2.05) is 13.8 Å². The lowest BCUT2D eigenvalue weighted by atomic mass is 9.90. The number of carbonyl (C=O) groups excluding carboxylic acids is 1. The highest BCUT2D eigenvalue weighted by Gasteiger charge is 2.33. The highest BCUT2D eigenvalue weighted by molar-refractivity contribution is 5.79. The van der Waals surface area contributed by atoms with Crippen LogP contribution in [0.5, 0.6) is 0 Å². The van der Waals surface area contributed by atoms with Crippen molar-refractivity contribution in [3.05, 3.63) is 0 Å². The summed E-state index contributed by atoms with van der Waals surface area (Å²) in [5.74, 6) is 0.591. The molecule has 0 aliphatic carbocycles. The molecule has 1 rings (SSSR count). The first-order valence-electron chi connectivity index (χ1n) is 6.50. The quantitative estimate of drug-likeness (QED) is 0.763. The number of hydrogen-bond acceptors (Lipinski definition) is 3. The van der Waals surface area contributed by atoms with Crippen molar-refractivity contribution < 1.29 is 9.53 Å². The van der Waals surface area contributed by atoms with Crippen LogP contribution < -0.4 is 11.1 Å². The number of carbonyl (C=O) groups is 1. The summed E-state index contributed by atoms with van der Waals surface area (Å²) in [7, 11) is 0. The SMILES string of the molecule is CC(C)CC(C)(CN)NC(=O)C1COC(C)C1. The Morgan fingerprint density at radius 2 is 2.24 bits per heavy atom. The van der Waals surface area contributed by atoms with Gasteiger partial charge in [-0.2, -0.15) is 0 Å². The van der Waals surface area contributed by atoms with Crippen LogP contribution in [0.1, 0.15) is 40.5 Å². The van der Waals surface area contributed by atoms with Crippen molar-refractivity contribution in [2.24, 2.45) is 17.6 Å². The number of ether oxygens (including phenoxy) is 1. The summed E-state index contributed by atoms with van der Waals surface area (Å²) in [6.45, 7) is 9.31. The molecule has 1 amide bonds. The molecule has 4 heteroatoms. The van der Waals surface area contributed by atoms with Crippen LogP contribution in [0.15, 0.2) is 0 Å². The maximum absolute atomic E-state index is 12.1. The van der Waals surface area contributed by atoms with E-state index in [0.717, 1.165) is 12.8 Å². The molecule has 0 bridgehead atoms. The zero-order valence-corrected chi connectivity index (χ0v) is 11.5. The molecule has 1 saturated heterocycles. The van der Waals surface area contributed by atoms with Crippen molar-refractivity contribution in [2.45, 2.75) is 52.2 Å². The first kappa shape index (κ1) is 14.5. The maximum atomic E-state index is 12.1. The number of hydrogen-bond donors (Lipinski definition) is 2. The summed E-state index contributed by atoms with van der Waals surface area (Å²) in [5.41, 5.74) is 5.49. The van der Waals surface area contributed by atoms with Gasteiger partial charge in [-0.1, -0.05) is 13.8 Å². The standard InChI is InChI=1S/C13H26N2O2/c1-9(2)6-13(4,8-14)15-12(16)11-5-10(3)17-7-11/h9-11H,5-8,14H2,1-4H3,(H,15,16). The van der Waals surface area contributed by atoms with Gasteiger partial charge in [-0.05, 0) is 32.6 Å². The lowest BCUT2D eigenvalue weighted by Gasteiger charge is -2.32. The maximum Gasteiger partial charge on any atom is 0.226 e. The second kappa shape index (κ2) is 5.83. The van der Waals surface area contributed by atoms with Crippen molar-refractivity contribution in [3.63, 3.8) is 0 Å². The van der Waals surface area contributed by atoms with Crippen LogP contribution in [0.25, 0.3) is 0 Å². The Bertz CT molecular complexity index is 268. The minimum absolute atomic E-state index is 0.0111. The normalized spacial score (nSPS) is 28.1. The third-order valence-corrected chi connectivity index (χ3v) is 3.30. The van der Waals surface area contributed by atoms with E-state index in [-0.39, 0.29) is 23.5 Å². The van der Waals surface area contributed by atoms with Gasteiger partial charge in [0.1, 0.15) is 0 Å². The molecular formula is C13H26N2O2. The monoisotopic (exact) mass is 242 g/mol. The van der Waals surface area contributed by atoms with Crippen LogP contribution in [0.4, 0.5) is 0 Å². The van der Waals surface area contributed by atoms with E-state index >= 15 is 0 Å². The molecular weight excluding hydrogens is 216 g/mol. The van der Waals surface area contributed by atoms with Gasteiger partial charge < -0.3 is 15.8 Å². The van der Waals surface area contributed by atoms with Crippen LogP contribution in [0.2, 0.25) is 0 Å². The van der Waals surface area contributed by atoms with Crippen LogP contribution in [0.3, 0.4) is 0 Å². The average Bonchev–Trinajstić information content (AvgIpc) is 2.63. The first-order chi connectivity index (χ1) is 7.86. The molecule has 4 nitrogen and oxygen atoms in total. The highest BCUT2D eigenvalue weighted by Crippen LogP contribution is 2.21. The molecule has 0 radical (unpaired) electrons. The lowest BCUT2D eigenvalue weighted by molar-refractivity contribution is -0.126. The molecule has 0 aromatic heterocycles. The molecule has 100 valence electrons. The molecule has 1 aliphatic heterocycles. The van der Waals surface area contributed by atoms with E-state index in [9.17, 15) is 4.79 Å². The summed E-state index contributed by atoms with van der Waals surface area (Å²) >= 11 is 0. The van der Waals surface area contributed by atoms with Crippen LogP contribution in [-0.4, -0.2) is 30.7 Å². The Morgan fingerprint density at radius 3 is 2.65 bits per heavy atom. The first-order valence-corrected chi connectivity index (χ1v) is 6.50. The molecule has 1 aliphatic rings. The Kier molecular flexibility index (Phi) is 4.95. The fourth-order valence-corrected chi connectivity index (χ4v) is 2.49. The zero-order valence-electron chi connectivity index (χ0n) is 11.5. The van der Waals surface area contributed by atoms with E-state index < -0.39 is 0 Å². The van der Waals surface area contributed by atoms with Crippen molar-refractivity contribution in [1.29, 1.82) is 0 Å². The lowest BCUT2D eigenvalue weighted by Crippen LogP contribution is -2.53. The van der Waals surface area contributed by atoms with Crippen molar-refractivity contribution in [2.75, 3.05) is 13.2 Å². The number of amides is 1. The van der Waals surface area contributed by atoms with Crippen molar-refractivity contribution >= 4 is 5.91 Å². The van der Waals surface area contributed by atoms with Crippen LogP contribution in [0, 0.1) is 11.8 Å². The van der Waals surface area contributed by atoms with Gasteiger partial charge in [0.15, 0.2) is 0 Å². The van der Waals surface area contributed by atoms with Gasteiger partial charge in [0.2, 0.25) is 5.91 Å². The molecule has 0 aromatic carbocycles. The summed E-state index contributed by atoms with van der Waals surface area (Å²) in [6.07, 6.45) is 1.91. The van der Waals surface area contributed by atoms with E-state index in [1.54, 1.807) is 0 Å². The van der Waals surface area contributed by atoms with Gasteiger partial charge in [0.05, 0.1) is 18.6 Å². The molecule has 0 aromatic rings. The number of nitrogens with one attached hydrogen (secondary N) is 1. The van der Waals surface area contributed by atoms with Crippen molar-refractivity contribution in [1.82, 2.24) is 5.32 Å². The number of rotatable bonds is 5. The van der Waals surface area contributed by atoms with E-state index in [0.29, 0.717) is 19.1 Å². The van der Waals surface area contributed by atoms with E-state index in [2.05, 4.69) is 19.2 Å². The van der Waals surface area contributed by atoms with E-state index in [4.69, 9.17) is 10.5 Å². The van der Waals surface area contributed by atoms with Crippen molar-refractivity contribution in [3.8, 4) is 0 Å². The minimum Gasteiger partial charge on any atom is -0.378 e. The molecule has 3 atom stereocenters. The Morgan fingerprint density at radius 1 is 1.59 bits per heavy atom. The topological polar surface area (TPSA) is 64.3 Å². The van der Waals surface area contributed by atoms with Gasteiger partial charge in [-0.15, -0.1) is 0 Å². The van der Waals surface area contributed by atoms with Gasteiger partial charge in [0, 0.05) is 12.1 Å². The van der Waals surface area contributed by atoms with Gasteiger partial charge >= 0.3 is 0 Å². The predicted molar refractivity (Wildman–Crippen MR) is 68.6 cm³/mol. The average molecular weight is 242 g/mol. The smallest absolute Gasteiger partial charge is 0.226 e. The van der Waals surface area contributed by atoms with Crippen LogP contribution in [-0.2, 0) is 9.53 Å². The Labute approximate surface area is 104 Å². The molecule has 17 heavy (non-hydrogen) atoms. The molecule has 3 N–H and O–H groups in total. The minimum atomic E-state index is -0.295. The second-order valence-electron chi connectivity index (χ2n) is 5.93. The van der Waals surface area contributed by atoms with E-state index in [1.165, 1.54) is 0 Å². The van der Waals surface area contributed by atoms with Gasteiger partial charge in [-0.3, -0.25) is 4.79 Å². The third kappa shape index (κ3) is 4.28. The Hall–Kier alpha value is -0.610. The van der Waals surface area contributed by atoms with Gasteiger partial charge in [0.25, 0.3) is 0 Å². The Balaban J connectivity index is 2.53. The number of nitrogens with two attached hydrogens (primary N) is 1. The molecule has 3 unspecified atom stereocenters. The molecule has 0 spiro atoms. The third-order valence-electron chi connectivity index (χ3n) is 3.30. The van der Waals surface area contributed by atoms with Gasteiger partial charge in [-0.25, -0.2) is 0 Å². The fourth-order valence-electron chi connectivity index (χ4n) is 2.49.